The summed E-state index contributed by atoms with van der Waals surface area (Å²) in [4.78, 5) is 39.6. The zero-order chi connectivity index (χ0) is 18.2. The van der Waals surface area contributed by atoms with Gasteiger partial charge in [-0.2, -0.15) is 0 Å². The fraction of sp³-hybridized carbons (Fsp3) is 0.643. The summed E-state index contributed by atoms with van der Waals surface area (Å²) >= 11 is 0.548. The van der Waals surface area contributed by atoms with Gasteiger partial charge in [0, 0.05) is 7.05 Å². The van der Waals surface area contributed by atoms with Gasteiger partial charge >= 0.3 is 6.03 Å². The predicted octanol–water partition coefficient (Wildman–Crippen LogP) is 2.01. The number of anilines is 1. The Hall–Kier alpha value is -2.17. The summed E-state index contributed by atoms with van der Waals surface area (Å²) in [6.45, 7) is -0.479. The van der Waals surface area contributed by atoms with E-state index in [0.717, 1.165) is 24.2 Å². The first-order chi connectivity index (χ1) is 11.8. The summed E-state index contributed by atoms with van der Waals surface area (Å²) in [5.74, 6) is -1.06. The molecule has 1 aliphatic carbocycles. The lowest BCUT2D eigenvalue weighted by Crippen LogP contribution is -2.49. The number of amides is 4. The average molecular weight is 373 g/mol. The number of alkyl halides is 2. The van der Waals surface area contributed by atoms with Gasteiger partial charge in [-0.25, -0.2) is 13.6 Å². The van der Waals surface area contributed by atoms with E-state index < -0.39 is 35.5 Å². The summed E-state index contributed by atoms with van der Waals surface area (Å²) in [6.07, 6.45) is 1.11. The Bertz CT molecular complexity index is 704. The van der Waals surface area contributed by atoms with Gasteiger partial charge in [0.05, 0.1) is 0 Å². The van der Waals surface area contributed by atoms with Crippen molar-refractivity contribution in [2.45, 2.75) is 44.1 Å². The highest BCUT2D eigenvalue weighted by Crippen LogP contribution is 2.39. The molecule has 3 rings (SSSR count). The Morgan fingerprint density at radius 2 is 1.96 bits per heavy atom. The van der Waals surface area contributed by atoms with E-state index in [9.17, 15) is 23.2 Å². The number of nitrogens with zero attached hydrogens (tertiary/aromatic N) is 4. The normalized spacial score (nSPS) is 20.0. The molecular formula is C14H17F2N5O3S. The Labute approximate surface area is 146 Å². The summed E-state index contributed by atoms with van der Waals surface area (Å²) in [5, 5.41) is 8.40. The van der Waals surface area contributed by atoms with Gasteiger partial charge in [0.15, 0.2) is 5.01 Å². The zero-order valence-corrected chi connectivity index (χ0v) is 14.3. The minimum absolute atomic E-state index is 0.0971. The maximum Gasteiger partial charge on any atom is 0.327 e. The molecule has 8 nitrogen and oxygen atoms in total. The summed E-state index contributed by atoms with van der Waals surface area (Å²) in [7, 11) is 1.57. The highest BCUT2D eigenvalue weighted by Gasteiger charge is 2.55. The Morgan fingerprint density at radius 3 is 2.56 bits per heavy atom. The van der Waals surface area contributed by atoms with Gasteiger partial charge in [-0.1, -0.05) is 30.6 Å². The Morgan fingerprint density at radius 1 is 1.28 bits per heavy atom. The monoisotopic (exact) mass is 373 g/mol. The molecule has 0 radical (unpaired) electrons. The number of carbonyl (C=O) groups excluding carboxylic acids is 3. The number of imide groups is 1. The lowest BCUT2D eigenvalue weighted by atomic mass is 9.81. The number of urea groups is 1. The summed E-state index contributed by atoms with van der Waals surface area (Å²) in [6, 6.07) is -0.521. The average Bonchev–Trinajstić information content (AvgIpc) is 3.12. The number of hydrogen-bond acceptors (Lipinski definition) is 6. The van der Waals surface area contributed by atoms with E-state index in [-0.39, 0.29) is 11.0 Å². The number of hydrogen-bond donors (Lipinski definition) is 1. The van der Waals surface area contributed by atoms with Crippen LogP contribution >= 0.6 is 11.3 Å². The maximum absolute atomic E-state index is 12.7. The van der Waals surface area contributed by atoms with Gasteiger partial charge in [0.2, 0.25) is 11.0 Å². The lowest BCUT2D eigenvalue weighted by molar-refractivity contribution is -0.136. The number of carbonyl (C=O) groups is 3. The SMILES string of the molecule is CN1C(=O)N(CC(=O)Nc2nnc(C(F)F)s2)C(=O)C12CCCCC2. The van der Waals surface area contributed by atoms with Gasteiger partial charge in [0.25, 0.3) is 12.3 Å². The molecule has 0 unspecified atom stereocenters. The molecule has 11 heteroatoms. The van der Waals surface area contributed by atoms with Crippen molar-refractivity contribution in [2.24, 2.45) is 0 Å². The zero-order valence-electron chi connectivity index (χ0n) is 13.5. The third-order valence-corrected chi connectivity index (χ3v) is 5.51. The van der Waals surface area contributed by atoms with Gasteiger partial charge < -0.3 is 4.90 Å². The molecule has 2 aliphatic rings. The first-order valence-corrected chi connectivity index (χ1v) is 8.68. The number of nitrogens with one attached hydrogen (secondary N) is 1. The van der Waals surface area contributed by atoms with Gasteiger partial charge in [-0.15, -0.1) is 10.2 Å². The minimum atomic E-state index is -2.77. The van der Waals surface area contributed by atoms with Crippen LogP contribution in [0.15, 0.2) is 0 Å². The van der Waals surface area contributed by atoms with Crippen molar-refractivity contribution in [3.63, 3.8) is 0 Å². The molecule has 1 aliphatic heterocycles. The molecule has 1 spiro atoms. The third-order valence-electron chi connectivity index (χ3n) is 4.66. The fourth-order valence-electron chi connectivity index (χ4n) is 3.35. The summed E-state index contributed by atoms with van der Waals surface area (Å²) < 4.78 is 25.0. The first-order valence-electron chi connectivity index (χ1n) is 7.86. The smallest absolute Gasteiger partial charge is 0.313 e. The highest BCUT2D eigenvalue weighted by molar-refractivity contribution is 7.15. The van der Waals surface area contributed by atoms with Crippen LogP contribution in [0, 0.1) is 0 Å². The molecule has 1 N–H and O–H groups in total. The van der Waals surface area contributed by atoms with Crippen LogP contribution in [0.1, 0.15) is 43.5 Å². The molecule has 2 heterocycles. The molecule has 1 aromatic rings. The number of rotatable bonds is 4. The molecule has 1 saturated heterocycles. The third kappa shape index (κ3) is 3.08. The second-order valence-electron chi connectivity index (χ2n) is 6.12. The molecule has 0 bridgehead atoms. The predicted molar refractivity (Wildman–Crippen MR) is 84.2 cm³/mol. The maximum atomic E-state index is 12.7. The fourth-order valence-corrected chi connectivity index (χ4v) is 3.96. The lowest BCUT2D eigenvalue weighted by Gasteiger charge is -2.35. The van der Waals surface area contributed by atoms with Crippen molar-refractivity contribution in [3.8, 4) is 0 Å². The van der Waals surface area contributed by atoms with E-state index in [4.69, 9.17) is 0 Å². The molecule has 4 amide bonds. The Kier molecular flexibility index (Phi) is 4.67. The second-order valence-corrected chi connectivity index (χ2v) is 7.13. The number of aromatic nitrogens is 2. The van der Waals surface area contributed by atoms with Crippen LogP contribution in [0.4, 0.5) is 18.7 Å². The van der Waals surface area contributed by atoms with E-state index in [2.05, 4.69) is 15.5 Å². The van der Waals surface area contributed by atoms with Crippen molar-refractivity contribution in [2.75, 3.05) is 18.9 Å². The van der Waals surface area contributed by atoms with E-state index in [0.29, 0.717) is 24.2 Å². The van der Waals surface area contributed by atoms with Crippen molar-refractivity contribution in [3.05, 3.63) is 5.01 Å². The van der Waals surface area contributed by atoms with Crippen LogP contribution in [0.2, 0.25) is 0 Å². The molecule has 25 heavy (non-hydrogen) atoms. The minimum Gasteiger partial charge on any atom is -0.313 e. The molecule has 2 fully saturated rings. The van der Waals surface area contributed by atoms with Crippen LogP contribution in [0.3, 0.4) is 0 Å². The highest BCUT2D eigenvalue weighted by atomic mass is 32.1. The molecule has 0 aromatic carbocycles. The standard InChI is InChI=1S/C14H17F2N5O3S/c1-20-13(24)21(11(23)14(20)5-3-2-4-6-14)7-8(22)17-12-19-18-10(25-12)9(15)16/h9H,2-7H2,1H3,(H,17,19,22). The van der Waals surface area contributed by atoms with Crippen LogP contribution in [0.5, 0.6) is 0 Å². The molecule has 1 aromatic heterocycles. The largest absolute Gasteiger partial charge is 0.327 e. The molecule has 1 saturated carbocycles. The van der Waals surface area contributed by atoms with E-state index in [1.165, 1.54) is 4.90 Å². The van der Waals surface area contributed by atoms with Gasteiger partial charge in [-0.05, 0) is 12.8 Å². The van der Waals surface area contributed by atoms with Crippen molar-refractivity contribution in [1.29, 1.82) is 0 Å². The molecule has 0 atom stereocenters. The topological polar surface area (TPSA) is 95.5 Å². The van der Waals surface area contributed by atoms with Gasteiger partial charge in [0.1, 0.15) is 12.1 Å². The quantitative estimate of drug-likeness (QED) is 0.815. The van der Waals surface area contributed by atoms with Crippen molar-refractivity contribution in [1.82, 2.24) is 20.0 Å². The van der Waals surface area contributed by atoms with E-state index in [1.807, 2.05) is 0 Å². The summed E-state index contributed by atoms with van der Waals surface area (Å²) in [5.41, 5.74) is -0.860. The molecular weight excluding hydrogens is 356 g/mol. The van der Waals surface area contributed by atoms with Crippen LogP contribution in [0.25, 0.3) is 0 Å². The number of likely N-dealkylation sites (N-methyl/N-ethyl adjacent to an activating group) is 1. The number of halogens is 2. The Balaban J connectivity index is 1.68. The van der Waals surface area contributed by atoms with E-state index in [1.54, 1.807) is 7.05 Å². The van der Waals surface area contributed by atoms with Crippen molar-refractivity contribution >= 4 is 34.3 Å². The molecule has 136 valence electrons. The van der Waals surface area contributed by atoms with Gasteiger partial charge in [-0.3, -0.25) is 19.8 Å². The van der Waals surface area contributed by atoms with Crippen LogP contribution < -0.4 is 5.32 Å². The second kappa shape index (κ2) is 6.62. The van der Waals surface area contributed by atoms with Crippen LogP contribution in [-0.2, 0) is 9.59 Å². The van der Waals surface area contributed by atoms with Crippen molar-refractivity contribution < 1.29 is 23.2 Å². The first kappa shape index (κ1) is 17.6. The van der Waals surface area contributed by atoms with Crippen LogP contribution in [-0.4, -0.2) is 57.0 Å². The van der Waals surface area contributed by atoms with E-state index >= 15 is 0 Å².